The predicted octanol–water partition coefficient (Wildman–Crippen LogP) is 2.76. The average Bonchev–Trinajstić information content (AvgIpc) is 2.74. The Bertz CT molecular complexity index is 837. The molecule has 0 aliphatic carbocycles. The number of carbonyl (C=O) groups is 2. The minimum Gasteiger partial charge on any atom is -0.497 e. The van der Waals surface area contributed by atoms with Crippen molar-refractivity contribution in [2.45, 2.75) is 0 Å². The number of hydrogen-bond donors (Lipinski definition) is 1. The number of ether oxygens (including phenoxy) is 2. The van der Waals surface area contributed by atoms with Gasteiger partial charge in [0.25, 0.3) is 0 Å². The molecule has 3 rings (SSSR count). The van der Waals surface area contributed by atoms with Gasteiger partial charge >= 0.3 is 0 Å². The highest BCUT2D eigenvalue weighted by molar-refractivity contribution is 8.03. The second-order valence-electron chi connectivity index (χ2n) is 6.03. The number of nitrogens with one attached hydrogen (secondary N) is 1. The normalized spacial score (nSPS) is 13.7. The van der Waals surface area contributed by atoms with Gasteiger partial charge in [-0.3, -0.25) is 9.59 Å². The number of methoxy groups -OCH3 is 1. The van der Waals surface area contributed by atoms with Gasteiger partial charge < -0.3 is 19.7 Å². The maximum absolute atomic E-state index is 12.3. The van der Waals surface area contributed by atoms with E-state index in [1.54, 1.807) is 7.11 Å². The van der Waals surface area contributed by atoms with E-state index in [-0.39, 0.29) is 18.4 Å². The summed E-state index contributed by atoms with van der Waals surface area (Å²) in [6.45, 7) is 0.679. The van der Waals surface area contributed by atoms with E-state index in [1.807, 2.05) is 60.0 Å². The lowest BCUT2D eigenvalue weighted by atomic mass is 10.1. The van der Waals surface area contributed by atoms with E-state index in [0.717, 1.165) is 17.0 Å². The molecule has 0 aromatic heterocycles. The van der Waals surface area contributed by atoms with Crippen LogP contribution in [-0.4, -0.2) is 49.3 Å². The van der Waals surface area contributed by atoms with Gasteiger partial charge in [-0.15, -0.1) is 11.8 Å². The molecule has 0 saturated carbocycles. The van der Waals surface area contributed by atoms with Crippen molar-refractivity contribution in [2.24, 2.45) is 0 Å². The van der Waals surface area contributed by atoms with Crippen LogP contribution in [0, 0.1) is 0 Å². The van der Waals surface area contributed by atoms with Crippen molar-refractivity contribution in [2.75, 3.05) is 32.6 Å². The monoisotopic (exact) mass is 398 g/mol. The van der Waals surface area contributed by atoms with Gasteiger partial charge in [0.15, 0.2) is 0 Å². The summed E-state index contributed by atoms with van der Waals surface area (Å²) in [5.41, 5.74) is 1.67. The van der Waals surface area contributed by atoms with Crippen molar-refractivity contribution in [3.63, 3.8) is 0 Å². The molecule has 0 spiro atoms. The second-order valence-corrected chi connectivity index (χ2v) is 6.89. The lowest BCUT2D eigenvalue weighted by Gasteiger charge is -2.28. The smallest absolute Gasteiger partial charge is 0.240 e. The van der Waals surface area contributed by atoms with Crippen LogP contribution >= 0.6 is 11.8 Å². The van der Waals surface area contributed by atoms with Gasteiger partial charge in [0, 0.05) is 0 Å². The Labute approximate surface area is 168 Å². The number of amides is 2. The number of hydrogen-bond acceptors (Lipinski definition) is 5. The van der Waals surface area contributed by atoms with E-state index in [0.29, 0.717) is 24.7 Å². The Balaban J connectivity index is 1.49. The van der Waals surface area contributed by atoms with Crippen LogP contribution in [0.1, 0.15) is 5.56 Å². The Kier molecular flexibility index (Phi) is 6.97. The maximum atomic E-state index is 12.3. The molecule has 0 unspecified atom stereocenters. The molecule has 2 amide bonds. The molecule has 2 aromatic rings. The predicted molar refractivity (Wildman–Crippen MR) is 110 cm³/mol. The fraction of sp³-hybridized carbons (Fsp3) is 0.238. The minimum absolute atomic E-state index is 0.0113. The molecule has 146 valence electrons. The molecule has 1 heterocycles. The number of nitrogens with zero attached hydrogens (tertiary/aromatic N) is 1. The lowest BCUT2D eigenvalue weighted by molar-refractivity contribution is -0.131. The van der Waals surface area contributed by atoms with E-state index >= 15 is 0 Å². The van der Waals surface area contributed by atoms with Crippen LogP contribution in [0.2, 0.25) is 0 Å². The van der Waals surface area contributed by atoms with Crippen LogP contribution in [0.4, 0.5) is 0 Å². The Morgan fingerprint density at radius 3 is 2.54 bits per heavy atom. The van der Waals surface area contributed by atoms with E-state index in [1.165, 1.54) is 16.7 Å². The van der Waals surface area contributed by atoms with Crippen LogP contribution in [-0.2, 0) is 9.59 Å². The topological polar surface area (TPSA) is 67.9 Å². The first-order valence-electron chi connectivity index (χ1n) is 8.88. The molecule has 1 aliphatic heterocycles. The van der Waals surface area contributed by atoms with Gasteiger partial charge in [0.1, 0.15) is 24.7 Å². The molecule has 1 aliphatic rings. The highest BCUT2D eigenvalue weighted by Crippen LogP contribution is 2.27. The number of thioether (sulfide) groups is 1. The minimum atomic E-state index is -0.222. The molecule has 0 fully saturated rings. The van der Waals surface area contributed by atoms with Crippen LogP contribution in [0.5, 0.6) is 11.5 Å². The zero-order valence-corrected chi connectivity index (χ0v) is 16.4. The zero-order valence-electron chi connectivity index (χ0n) is 15.6. The standard InChI is InChI=1S/C21H22N2O4S/c1-26-17-7-9-18(10-8-17)27-12-11-22-20(24)13-23-19(14-28-15-21(23)25)16-5-3-2-4-6-16/h2-10,14H,11-13,15H2,1H3,(H,22,24). The van der Waals surface area contributed by atoms with Gasteiger partial charge in [0.2, 0.25) is 11.8 Å². The molecular weight excluding hydrogens is 376 g/mol. The third kappa shape index (κ3) is 5.29. The van der Waals surface area contributed by atoms with Gasteiger partial charge in [0.05, 0.1) is 25.1 Å². The quantitative estimate of drug-likeness (QED) is 0.693. The molecular formula is C21H22N2O4S. The summed E-state index contributed by atoms with van der Waals surface area (Å²) in [5.74, 6) is 1.50. The Hall–Kier alpha value is -2.93. The van der Waals surface area contributed by atoms with Crippen molar-refractivity contribution in [1.29, 1.82) is 0 Å². The van der Waals surface area contributed by atoms with Crippen molar-refractivity contribution in [3.05, 3.63) is 65.6 Å². The molecule has 7 heteroatoms. The van der Waals surface area contributed by atoms with Crippen LogP contribution in [0.15, 0.2) is 60.0 Å². The fourth-order valence-corrected chi connectivity index (χ4v) is 3.51. The summed E-state index contributed by atoms with van der Waals surface area (Å²) in [7, 11) is 1.61. The third-order valence-electron chi connectivity index (χ3n) is 4.12. The summed E-state index contributed by atoms with van der Waals surface area (Å²) in [6, 6.07) is 16.8. The lowest BCUT2D eigenvalue weighted by Crippen LogP contribution is -2.42. The highest BCUT2D eigenvalue weighted by Gasteiger charge is 2.25. The molecule has 0 radical (unpaired) electrons. The summed E-state index contributed by atoms with van der Waals surface area (Å²) < 4.78 is 10.7. The Morgan fingerprint density at radius 1 is 1.11 bits per heavy atom. The van der Waals surface area contributed by atoms with Crippen molar-refractivity contribution in [1.82, 2.24) is 10.2 Å². The fourth-order valence-electron chi connectivity index (χ4n) is 2.70. The van der Waals surface area contributed by atoms with E-state index < -0.39 is 0 Å². The SMILES string of the molecule is COc1ccc(OCCNC(=O)CN2C(=O)CSC=C2c2ccccc2)cc1. The summed E-state index contributed by atoms with van der Waals surface area (Å²) in [4.78, 5) is 26.2. The summed E-state index contributed by atoms with van der Waals surface area (Å²) in [6.07, 6.45) is 0. The van der Waals surface area contributed by atoms with Crippen molar-refractivity contribution < 1.29 is 19.1 Å². The molecule has 28 heavy (non-hydrogen) atoms. The van der Waals surface area contributed by atoms with Crippen molar-refractivity contribution in [3.8, 4) is 11.5 Å². The van der Waals surface area contributed by atoms with Crippen LogP contribution in [0.3, 0.4) is 0 Å². The molecule has 2 aromatic carbocycles. The van der Waals surface area contributed by atoms with Crippen LogP contribution in [0.25, 0.3) is 5.70 Å². The molecule has 0 atom stereocenters. The number of rotatable bonds is 8. The largest absolute Gasteiger partial charge is 0.497 e. The second kappa shape index (κ2) is 9.85. The summed E-state index contributed by atoms with van der Waals surface area (Å²) in [5, 5.41) is 4.73. The van der Waals surface area contributed by atoms with E-state index in [4.69, 9.17) is 9.47 Å². The first kappa shape index (κ1) is 19.8. The molecule has 1 N–H and O–H groups in total. The summed E-state index contributed by atoms with van der Waals surface area (Å²) >= 11 is 1.44. The van der Waals surface area contributed by atoms with Gasteiger partial charge in [-0.1, -0.05) is 30.3 Å². The first-order valence-corrected chi connectivity index (χ1v) is 9.93. The van der Waals surface area contributed by atoms with Crippen molar-refractivity contribution >= 4 is 29.3 Å². The van der Waals surface area contributed by atoms with E-state index in [2.05, 4.69) is 5.32 Å². The Morgan fingerprint density at radius 2 is 1.82 bits per heavy atom. The first-order chi connectivity index (χ1) is 13.7. The maximum Gasteiger partial charge on any atom is 0.240 e. The van der Waals surface area contributed by atoms with E-state index in [9.17, 15) is 9.59 Å². The average molecular weight is 398 g/mol. The number of benzene rings is 2. The third-order valence-corrected chi connectivity index (χ3v) is 4.92. The highest BCUT2D eigenvalue weighted by atomic mass is 32.2. The van der Waals surface area contributed by atoms with Gasteiger partial charge in [-0.05, 0) is 35.2 Å². The van der Waals surface area contributed by atoms with Gasteiger partial charge in [-0.2, -0.15) is 0 Å². The van der Waals surface area contributed by atoms with Gasteiger partial charge in [-0.25, -0.2) is 0 Å². The molecule has 0 bridgehead atoms. The zero-order chi connectivity index (χ0) is 19.8. The molecule has 6 nitrogen and oxygen atoms in total. The van der Waals surface area contributed by atoms with Crippen LogP contribution < -0.4 is 14.8 Å². The number of carbonyl (C=O) groups excluding carboxylic acids is 2. The molecule has 0 saturated heterocycles.